The lowest BCUT2D eigenvalue weighted by Crippen LogP contribution is -2.39. The van der Waals surface area contributed by atoms with Gasteiger partial charge in [-0.2, -0.15) is 0 Å². The molecule has 2 aliphatic carbocycles. The second-order valence-electron chi connectivity index (χ2n) is 9.71. The number of nitrogens with zero attached hydrogens (tertiary/aromatic N) is 4. The zero-order valence-electron chi connectivity index (χ0n) is 18.1. The summed E-state index contributed by atoms with van der Waals surface area (Å²) in [5.74, 6) is 1.48. The molecule has 2 saturated carbocycles. The Hall–Kier alpha value is -2.05. The Labute approximate surface area is 198 Å². The van der Waals surface area contributed by atoms with Gasteiger partial charge in [-0.05, 0) is 49.7 Å². The van der Waals surface area contributed by atoms with Gasteiger partial charge in [0.1, 0.15) is 10.8 Å². The van der Waals surface area contributed by atoms with Gasteiger partial charge in [-0.1, -0.05) is 48.8 Å². The zero-order chi connectivity index (χ0) is 21.9. The maximum absolute atomic E-state index is 12.6. The molecule has 2 aliphatic heterocycles. The summed E-state index contributed by atoms with van der Waals surface area (Å²) in [6.07, 6.45) is 12.8. The number of rotatable bonds is 4. The quantitative estimate of drug-likeness (QED) is 0.558. The van der Waals surface area contributed by atoms with Crippen LogP contribution in [0.3, 0.4) is 0 Å². The van der Waals surface area contributed by atoms with Crippen LogP contribution < -0.4 is 9.80 Å². The number of halogens is 1. The summed E-state index contributed by atoms with van der Waals surface area (Å²) in [4.78, 5) is 26.9. The van der Waals surface area contributed by atoms with Gasteiger partial charge in [-0.15, -0.1) is 0 Å². The number of carbonyl (C=O) groups excluding carboxylic acids is 1. The highest BCUT2D eigenvalue weighted by Crippen LogP contribution is 2.55. The first-order chi connectivity index (χ1) is 15.5. The number of hydrogen-bond acceptors (Lipinski definition) is 5. The summed E-state index contributed by atoms with van der Waals surface area (Å²) in [5.41, 5.74) is 2.19. The number of aromatic nitrogens is 2. The summed E-state index contributed by atoms with van der Waals surface area (Å²) >= 11 is 8.21. The molecule has 2 aromatic rings. The van der Waals surface area contributed by atoms with Crippen molar-refractivity contribution in [1.82, 2.24) is 9.97 Å². The van der Waals surface area contributed by atoms with E-state index in [1.165, 1.54) is 50.3 Å². The van der Waals surface area contributed by atoms with Gasteiger partial charge in [0.15, 0.2) is 0 Å². The number of piperidine rings is 2. The molecular formula is C25H27ClN4OS. The van der Waals surface area contributed by atoms with E-state index in [1.807, 2.05) is 30.6 Å². The molecule has 1 aromatic carbocycles. The molecule has 4 fully saturated rings. The fourth-order valence-electron chi connectivity index (χ4n) is 5.81. The van der Waals surface area contributed by atoms with Crippen LogP contribution in [0.2, 0.25) is 5.02 Å². The molecule has 32 heavy (non-hydrogen) atoms. The maximum atomic E-state index is 12.6. The van der Waals surface area contributed by atoms with Gasteiger partial charge in [0.05, 0.1) is 23.1 Å². The lowest BCUT2D eigenvalue weighted by molar-refractivity contribution is -0.118. The number of allylic oxidation sites excluding steroid dienone is 1. The lowest BCUT2D eigenvalue weighted by atomic mass is 9.77. The van der Waals surface area contributed by atoms with Crippen molar-refractivity contribution in [2.45, 2.75) is 54.9 Å². The summed E-state index contributed by atoms with van der Waals surface area (Å²) in [5, 5.41) is 1.36. The van der Waals surface area contributed by atoms with E-state index in [2.05, 4.69) is 16.5 Å². The fraction of sp³-hybridized carbons (Fsp3) is 0.480. The molecule has 3 heterocycles. The standard InChI is InChI=1S/C25H27ClN4OS/c1-16-17-13-18(17)24(31)30(16)19-5-4-6-20(23(19)26)32-22-15-27-21(14-28-22)29-11-9-25(10-12-29)7-2-3-8-25/h4-6,14-15,17-18H,1-3,7-13H2. The Morgan fingerprint density at radius 3 is 2.50 bits per heavy atom. The first-order valence-corrected chi connectivity index (χ1v) is 12.8. The van der Waals surface area contributed by atoms with Crippen LogP contribution in [0.1, 0.15) is 44.9 Å². The molecule has 1 amide bonds. The Balaban J connectivity index is 1.15. The normalized spacial score (nSPS) is 26.2. The van der Waals surface area contributed by atoms with Crippen LogP contribution in [0.25, 0.3) is 0 Å². The van der Waals surface area contributed by atoms with E-state index in [4.69, 9.17) is 16.6 Å². The molecule has 6 rings (SSSR count). The molecule has 2 atom stereocenters. The number of hydrogen-bond donors (Lipinski definition) is 0. The van der Waals surface area contributed by atoms with E-state index >= 15 is 0 Å². The average molecular weight is 467 g/mol. The maximum Gasteiger partial charge on any atom is 0.235 e. The van der Waals surface area contributed by atoms with E-state index < -0.39 is 0 Å². The first-order valence-electron chi connectivity index (χ1n) is 11.6. The predicted octanol–water partition coefficient (Wildman–Crippen LogP) is 5.94. The number of anilines is 2. The van der Waals surface area contributed by atoms with Gasteiger partial charge in [-0.3, -0.25) is 9.69 Å². The third-order valence-electron chi connectivity index (χ3n) is 7.87. The average Bonchev–Trinajstić information content (AvgIpc) is 3.43. The van der Waals surface area contributed by atoms with Crippen molar-refractivity contribution in [1.29, 1.82) is 0 Å². The Bertz CT molecular complexity index is 1050. The molecule has 1 spiro atoms. The topological polar surface area (TPSA) is 49.3 Å². The largest absolute Gasteiger partial charge is 0.355 e. The fourth-order valence-corrected chi connectivity index (χ4v) is 6.91. The van der Waals surface area contributed by atoms with Gasteiger partial charge in [0, 0.05) is 35.5 Å². The van der Waals surface area contributed by atoms with Crippen molar-refractivity contribution in [3.8, 4) is 0 Å². The van der Waals surface area contributed by atoms with Gasteiger partial charge < -0.3 is 4.90 Å². The smallest absolute Gasteiger partial charge is 0.235 e. The Morgan fingerprint density at radius 2 is 1.84 bits per heavy atom. The van der Waals surface area contributed by atoms with Crippen molar-refractivity contribution in [3.05, 3.63) is 47.9 Å². The van der Waals surface area contributed by atoms with Crippen LogP contribution in [0, 0.1) is 17.3 Å². The second kappa shape index (κ2) is 7.77. The van der Waals surface area contributed by atoms with Crippen molar-refractivity contribution < 1.29 is 4.79 Å². The van der Waals surface area contributed by atoms with Crippen LogP contribution in [0.4, 0.5) is 11.5 Å². The van der Waals surface area contributed by atoms with Gasteiger partial charge in [0.2, 0.25) is 5.91 Å². The number of benzene rings is 1. The molecule has 7 heteroatoms. The third kappa shape index (κ3) is 3.43. The first kappa shape index (κ1) is 20.5. The minimum absolute atomic E-state index is 0.103. The molecule has 2 unspecified atom stereocenters. The summed E-state index contributed by atoms with van der Waals surface area (Å²) in [6.45, 7) is 6.28. The number of amides is 1. The van der Waals surface area contributed by atoms with E-state index in [9.17, 15) is 4.79 Å². The molecule has 0 N–H and O–H groups in total. The van der Waals surface area contributed by atoms with E-state index in [0.29, 0.717) is 16.4 Å². The minimum Gasteiger partial charge on any atom is -0.355 e. The summed E-state index contributed by atoms with van der Waals surface area (Å²) in [6, 6.07) is 5.78. The monoisotopic (exact) mass is 466 g/mol. The summed E-state index contributed by atoms with van der Waals surface area (Å²) in [7, 11) is 0. The SMILES string of the molecule is C=C1C2CC2C(=O)N1c1cccc(Sc2cnc(N3CCC4(CCCC4)CC3)cn2)c1Cl. The zero-order valence-corrected chi connectivity index (χ0v) is 19.7. The van der Waals surface area contributed by atoms with E-state index in [-0.39, 0.29) is 11.8 Å². The second-order valence-corrected chi connectivity index (χ2v) is 11.2. The highest BCUT2D eigenvalue weighted by atomic mass is 35.5. The molecule has 4 aliphatic rings. The van der Waals surface area contributed by atoms with E-state index in [1.54, 1.807) is 4.90 Å². The van der Waals surface area contributed by atoms with Crippen LogP contribution in [0.15, 0.2) is 52.8 Å². The van der Waals surface area contributed by atoms with Gasteiger partial charge >= 0.3 is 0 Å². The minimum atomic E-state index is 0.103. The highest BCUT2D eigenvalue weighted by Gasteiger charge is 2.55. The highest BCUT2D eigenvalue weighted by molar-refractivity contribution is 7.99. The summed E-state index contributed by atoms with van der Waals surface area (Å²) < 4.78 is 0. The lowest BCUT2D eigenvalue weighted by Gasteiger charge is -2.39. The number of carbonyl (C=O) groups is 1. The van der Waals surface area contributed by atoms with Crippen molar-refractivity contribution in [2.24, 2.45) is 17.3 Å². The van der Waals surface area contributed by atoms with Crippen LogP contribution in [0.5, 0.6) is 0 Å². The predicted molar refractivity (Wildman–Crippen MR) is 128 cm³/mol. The van der Waals surface area contributed by atoms with Crippen LogP contribution >= 0.6 is 23.4 Å². The Kier molecular flexibility index (Phi) is 4.99. The van der Waals surface area contributed by atoms with Crippen LogP contribution in [-0.4, -0.2) is 29.0 Å². The molecule has 5 nitrogen and oxygen atoms in total. The number of fused-ring (bicyclic) bond motifs is 1. The molecule has 166 valence electrons. The molecular weight excluding hydrogens is 440 g/mol. The van der Waals surface area contributed by atoms with Crippen LogP contribution in [-0.2, 0) is 4.79 Å². The van der Waals surface area contributed by atoms with Crippen molar-refractivity contribution >= 4 is 40.8 Å². The molecule has 1 aromatic heterocycles. The molecule has 2 saturated heterocycles. The van der Waals surface area contributed by atoms with E-state index in [0.717, 1.165) is 46.6 Å². The van der Waals surface area contributed by atoms with Crippen molar-refractivity contribution in [2.75, 3.05) is 22.9 Å². The third-order valence-corrected chi connectivity index (χ3v) is 9.36. The van der Waals surface area contributed by atoms with Gasteiger partial charge in [-0.25, -0.2) is 9.97 Å². The molecule has 0 bridgehead atoms. The van der Waals surface area contributed by atoms with Crippen molar-refractivity contribution in [3.63, 3.8) is 0 Å². The van der Waals surface area contributed by atoms with Gasteiger partial charge in [0.25, 0.3) is 0 Å². The molecule has 0 radical (unpaired) electrons. The Morgan fingerprint density at radius 1 is 1.06 bits per heavy atom.